The van der Waals surface area contributed by atoms with Gasteiger partial charge >= 0.3 is 0 Å². The summed E-state index contributed by atoms with van der Waals surface area (Å²) >= 11 is 0. The van der Waals surface area contributed by atoms with E-state index in [1.165, 1.54) is 5.69 Å². The Labute approximate surface area is 111 Å². The molecular weight excluding hydrogens is 240 g/mol. The fourth-order valence-electron chi connectivity index (χ4n) is 3.04. The summed E-state index contributed by atoms with van der Waals surface area (Å²) in [5.41, 5.74) is 1.93. The Kier molecular flexibility index (Phi) is 2.38. The lowest BCUT2D eigenvalue weighted by Crippen LogP contribution is -2.30. The number of rotatable bonds is 1. The molecule has 3 heterocycles. The van der Waals surface area contributed by atoms with E-state index in [0.717, 1.165) is 25.9 Å². The molecule has 2 unspecified atom stereocenters. The minimum atomic E-state index is 0.0833. The van der Waals surface area contributed by atoms with Gasteiger partial charge in [0.1, 0.15) is 5.76 Å². The third-order valence-corrected chi connectivity index (χ3v) is 4.13. The molecule has 4 rings (SSSR count). The largest absolute Gasteiger partial charge is 0.464 e. The molecule has 2 aliphatic rings. The second-order valence-corrected chi connectivity index (χ2v) is 5.36. The molecule has 4 heteroatoms. The second kappa shape index (κ2) is 4.10. The highest BCUT2D eigenvalue weighted by Crippen LogP contribution is 2.41. The van der Waals surface area contributed by atoms with Crippen LogP contribution in [0.4, 0.5) is 0 Å². The summed E-state index contributed by atoms with van der Waals surface area (Å²) in [6, 6.07) is 8.23. The first-order chi connectivity index (χ1) is 9.34. The lowest BCUT2D eigenvalue weighted by molar-refractivity contribution is 0.521. The minimum Gasteiger partial charge on any atom is -0.464 e. The van der Waals surface area contributed by atoms with Crippen molar-refractivity contribution in [3.63, 3.8) is 0 Å². The molecular formula is C15H16N2O2. The van der Waals surface area contributed by atoms with Gasteiger partial charge in [0.05, 0.1) is 11.8 Å². The topological polar surface area (TPSA) is 47.2 Å². The molecule has 2 aromatic rings. The van der Waals surface area contributed by atoms with Gasteiger partial charge in [-0.05, 0) is 43.7 Å². The Morgan fingerprint density at radius 3 is 3.11 bits per heavy atom. The smallest absolute Gasteiger partial charge is 0.261 e. The molecule has 1 N–H and O–H groups in total. The number of furan rings is 1. The van der Waals surface area contributed by atoms with Crippen LogP contribution in [0.25, 0.3) is 11.3 Å². The molecule has 1 aliphatic heterocycles. The van der Waals surface area contributed by atoms with Crippen molar-refractivity contribution in [1.82, 2.24) is 9.88 Å². The maximum absolute atomic E-state index is 12.6. The SMILES string of the molecule is O=c1c(-c2ccco2)ccc2n1CCCNC1CC21. The number of hydrogen-bond acceptors (Lipinski definition) is 3. The highest BCUT2D eigenvalue weighted by atomic mass is 16.3. The van der Waals surface area contributed by atoms with Crippen molar-refractivity contribution >= 4 is 0 Å². The molecule has 2 atom stereocenters. The molecule has 0 bridgehead atoms. The second-order valence-electron chi connectivity index (χ2n) is 5.36. The van der Waals surface area contributed by atoms with Gasteiger partial charge in [0.2, 0.25) is 0 Å². The first-order valence-electron chi connectivity index (χ1n) is 6.85. The Morgan fingerprint density at radius 2 is 2.26 bits per heavy atom. The maximum Gasteiger partial charge on any atom is 0.261 e. The zero-order chi connectivity index (χ0) is 12.8. The lowest BCUT2D eigenvalue weighted by atomic mass is 10.1. The van der Waals surface area contributed by atoms with Crippen LogP contribution in [-0.4, -0.2) is 17.2 Å². The van der Waals surface area contributed by atoms with E-state index in [2.05, 4.69) is 11.4 Å². The van der Waals surface area contributed by atoms with Crippen molar-refractivity contribution in [3.8, 4) is 11.3 Å². The summed E-state index contributed by atoms with van der Waals surface area (Å²) in [6.45, 7) is 1.79. The van der Waals surface area contributed by atoms with Crippen LogP contribution in [0.2, 0.25) is 0 Å². The molecule has 0 spiro atoms. The van der Waals surface area contributed by atoms with Gasteiger partial charge in [-0.25, -0.2) is 0 Å². The zero-order valence-corrected chi connectivity index (χ0v) is 10.6. The molecule has 98 valence electrons. The molecule has 0 aromatic carbocycles. The van der Waals surface area contributed by atoms with Crippen LogP contribution in [0, 0.1) is 0 Å². The quantitative estimate of drug-likeness (QED) is 0.848. The first kappa shape index (κ1) is 11.1. The molecule has 1 saturated carbocycles. The van der Waals surface area contributed by atoms with Crippen molar-refractivity contribution in [2.75, 3.05) is 6.54 Å². The van der Waals surface area contributed by atoms with Crippen LogP contribution in [0.1, 0.15) is 24.5 Å². The molecule has 1 fully saturated rings. The number of pyridine rings is 1. The van der Waals surface area contributed by atoms with E-state index in [9.17, 15) is 4.79 Å². The van der Waals surface area contributed by atoms with Gasteiger partial charge in [-0.3, -0.25) is 4.79 Å². The normalized spacial score (nSPS) is 25.1. The van der Waals surface area contributed by atoms with Gasteiger partial charge in [-0.15, -0.1) is 0 Å². The molecule has 0 saturated heterocycles. The Hall–Kier alpha value is -1.81. The van der Waals surface area contributed by atoms with Crippen molar-refractivity contribution in [3.05, 3.63) is 46.6 Å². The molecule has 1 aliphatic carbocycles. The summed E-state index contributed by atoms with van der Waals surface area (Å²) in [6.07, 6.45) is 3.76. The minimum absolute atomic E-state index is 0.0833. The van der Waals surface area contributed by atoms with E-state index in [0.29, 0.717) is 23.3 Å². The highest BCUT2D eigenvalue weighted by molar-refractivity contribution is 5.56. The van der Waals surface area contributed by atoms with Gasteiger partial charge < -0.3 is 14.3 Å². The summed E-state index contributed by atoms with van der Waals surface area (Å²) in [7, 11) is 0. The van der Waals surface area contributed by atoms with Crippen molar-refractivity contribution in [2.24, 2.45) is 0 Å². The van der Waals surface area contributed by atoms with Crippen molar-refractivity contribution in [1.29, 1.82) is 0 Å². The van der Waals surface area contributed by atoms with Crippen LogP contribution in [0.3, 0.4) is 0 Å². The van der Waals surface area contributed by atoms with Crippen LogP contribution in [-0.2, 0) is 6.54 Å². The predicted octanol–water partition coefficient (Wildman–Crippen LogP) is 1.96. The Bertz CT molecular complexity index is 657. The van der Waals surface area contributed by atoms with Gasteiger partial charge in [0.25, 0.3) is 5.56 Å². The van der Waals surface area contributed by atoms with Crippen molar-refractivity contribution < 1.29 is 4.42 Å². The molecule has 4 nitrogen and oxygen atoms in total. The lowest BCUT2D eigenvalue weighted by Gasteiger charge is -2.17. The van der Waals surface area contributed by atoms with Crippen molar-refractivity contribution in [2.45, 2.75) is 31.3 Å². The number of aromatic nitrogens is 1. The van der Waals surface area contributed by atoms with Gasteiger partial charge in [0, 0.05) is 24.2 Å². The number of nitrogens with zero attached hydrogens (tertiary/aromatic N) is 1. The van der Waals surface area contributed by atoms with Gasteiger partial charge in [-0.1, -0.05) is 0 Å². The average Bonchev–Trinajstić information content (AvgIpc) is 2.94. The van der Waals surface area contributed by atoms with Crippen LogP contribution in [0.5, 0.6) is 0 Å². The zero-order valence-electron chi connectivity index (χ0n) is 10.6. The Morgan fingerprint density at radius 1 is 1.32 bits per heavy atom. The fraction of sp³-hybridized carbons (Fsp3) is 0.400. The summed E-state index contributed by atoms with van der Waals surface area (Å²) < 4.78 is 7.31. The summed E-state index contributed by atoms with van der Waals surface area (Å²) in [5.74, 6) is 1.17. The summed E-state index contributed by atoms with van der Waals surface area (Å²) in [4.78, 5) is 12.6. The molecule has 19 heavy (non-hydrogen) atoms. The Balaban J connectivity index is 1.86. The molecule has 2 aromatic heterocycles. The first-order valence-corrected chi connectivity index (χ1v) is 6.85. The predicted molar refractivity (Wildman–Crippen MR) is 72.2 cm³/mol. The third-order valence-electron chi connectivity index (χ3n) is 4.13. The van der Waals surface area contributed by atoms with Gasteiger partial charge in [0.15, 0.2) is 0 Å². The highest BCUT2D eigenvalue weighted by Gasteiger charge is 2.40. The number of nitrogens with one attached hydrogen (secondary N) is 1. The fourth-order valence-corrected chi connectivity index (χ4v) is 3.04. The van der Waals surface area contributed by atoms with E-state index in [1.807, 2.05) is 22.8 Å². The monoisotopic (exact) mass is 256 g/mol. The van der Waals surface area contributed by atoms with E-state index in [4.69, 9.17) is 4.42 Å². The molecule has 0 amide bonds. The number of fused-ring (bicyclic) bond motifs is 3. The summed E-state index contributed by atoms with van der Waals surface area (Å²) in [5, 5.41) is 3.53. The van der Waals surface area contributed by atoms with E-state index < -0.39 is 0 Å². The third kappa shape index (κ3) is 1.75. The van der Waals surface area contributed by atoms with E-state index >= 15 is 0 Å². The van der Waals surface area contributed by atoms with E-state index in [1.54, 1.807) is 6.26 Å². The maximum atomic E-state index is 12.6. The van der Waals surface area contributed by atoms with Crippen LogP contribution < -0.4 is 10.9 Å². The van der Waals surface area contributed by atoms with Gasteiger partial charge in [-0.2, -0.15) is 0 Å². The van der Waals surface area contributed by atoms with Crippen LogP contribution >= 0.6 is 0 Å². The standard InChI is InChI=1S/C15H16N2O2/c18-15-10(14-3-1-8-19-14)4-5-13-11-9-12(11)16-6-2-7-17(13)15/h1,3-5,8,11-12,16H,2,6-7,9H2. The number of hydrogen-bond donors (Lipinski definition) is 1. The van der Waals surface area contributed by atoms with E-state index in [-0.39, 0.29) is 5.56 Å². The van der Waals surface area contributed by atoms with Crippen LogP contribution in [0.15, 0.2) is 39.7 Å². The average molecular weight is 256 g/mol. The molecule has 0 radical (unpaired) electrons.